The molecule has 128 valence electrons. The number of rotatable bonds is 4. The van der Waals surface area contributed by atoms with Crippen molar-refractivity contribution in [3.05, 3.63) is 70.1 Å². The number of hydrogen-bond donors (Lipinski definition) is 1. The van der Waals surface area contributed by atoms with Gasteiger partial charge < -0.3 is 14.5 Å². The average molecular weight is 337 g/mol. The number of carbonyl (C=O) groups is 1. The highest BCUT2D eigenvalue weighted by molar-refractivity contribution is 5.94. The van der Waals surface area contributed by atoms with Crippen LogP contribution in [0.4, 0.5) is 5.69 Å². The molecule has 2 aromatic carbocycles. The van der Waals surface area contributed by atoms with Crippen molar-refractivity contribution in [1.29, 1.82) is 0 Å². The van der Waals surface area contributed by atoms with Crippen molar-refractivity contribution in [2.24, 2.45) is 0 Å². The lowest BCUT2D eigenvalue weighted by atomic mass is 10.1. The minimum absolute atomic E-state index is 0.250. The standard InChI is InChI=1S/C20H19NO4/c1-12-6-4-5-7-17(12)21-20(23)14(3)24-15-8-9-16-13(2)10-19(22)25-18(16)11-15/h4-11,14H,1-3H3,(H,21,23). The zero-order chi connectivity index (χ0) is 18.0. The van der Waals surface area contributed by atoms with Gasteiger partial charge in [-0.15, -0.1) is 0 Å². The Morgan fingerprint density at radius 1 is 1.08 bits per heavy atom. The van der Waals surface area contributed by atoms with Gasteiger partial charge in [0.05, 0.1) is 0 Å². The van der Waals surface area contributed by atoms with Crippen LogP contribution in [0, 0.1) is 13.8 Å². The van der Waals surface area contributed by atoms with Crippen molar-refractivity contribution < 1.29 is 13.9 Å². The molecule has 1 heterocycles. The van der Waals surface area contributed by atoms with Gasteiger partial charge >= 0.3 is 5.63 Å². The van der Waals surface area contributed by atoms with Crippen molar-refractivity contribution in [2.45, 2.75) is 26.9 Å². The van der Waals surface area contributed by atoms with Gasteiger partial charge in [0.25, 0.3) is 5.91 Å². The molecule has 0 aliphatic carbocycles. The molecule has 0 saturated heterocycles. The summed E-state index contributed by atoms with van der Waals surface area (Å²) < 4.78 is 10.9. The third-order valence-corrected chi connectivity index (χ3v) is 4.01. The van der Waals surface area contributed by atoms with Crippen LogP contribution in [0.2, 0.25) is 0 Å². The first kappa shape index (κ1) is 16.8. The maximum Gasteiger partial charge on any atom is 0.336 e. The number of ether oxygens (including phenoxy) is 1. The van der Waals surface area contributed by atoms with Crippen LogP contribution in [0.3, 0.4) is 0 Å². The van der Waals surface area contributed by atoms with E-state index < -0.39 is 11.7 Å². The third kappa shape index (κ3) is 3.71. The van der Waals surface area contributed by atoms with Crippen LogP contribution in [-0.2, 0) is 4.79 Å². The van der Waals surface area contributed by atoms with E-state index in [0.29, 0.717) is 11.3 Å². The lowest BCUT2D eigenvalue weighted by Gasteiger charge is -2.16. The Bertz CT molecular complexity index is 990. The molecule has 25 heavy (non-hydrogen) atoms. The maximum absolute atomic E-state index is 12.3. The molecule has 0 aliphatic heterocycles. The van der Waals surface area contributed by atoms with Crippen molar-refractivity contribution in [1.82, 2.24) is 0 Å². The number of aryl methyl sites for hydroxylation is 2. The lowest BCUT2D eigenvalue weighted by molar-refractivity contribution is -0.122. The van der Waals surface area contributed by atoms with Gasteiger partial charge in [0.15, 0.2) is 6.10 Å². The number of para-hydroxylation sites is 1. The highest BCUT2D eigenvalue weighted by Gasteiger charge is 2.16. The molecule has 3 aromatic rings. The van der Waals surface area contributed by atoms with E-state index >= 15 is 0 Å². The first-order chi connectivity index (χ1) is 11.9. The molecule has 5 nitrogen and oxygen atoms in total. The molecule has 0 fully saturated rings. The number of amides is 1. The summed E-state index contributed by atoms with van der Waals surface area (Å²) in [6.45, 7) is 5.44. The fraction of sp³-hybridized carbons (Fsp3) is 0.200. The monoisotopic (exact) mass is 337 g/mol. The SMILES string of the molecule is Cc1ccccc1NC(=O)C(C)Oc1ccc2c(C)cc(=O)oc2c1. The van der Waals surface area contributed by atoms with E-state index in [0.717, 1.165) is 22.2 Å². The van der Waals surface area contributed by atoms with E-state index in [4.69, 9.17) is 9.15 Å². The van der Waals surface area contributed by atoms with E-state index in [1.165, 1.54) is 6.07 Å². The minimum Gasteiger partial charge on any atom is -0.481 e. The van der Waals surface area contributed by atoms with Gasteiger partial charge in [-0.1, -0.05) is 18.2 Å². The lowest BCUT2D eigenvalue weighted by Crippen LogP contribution is -2.30. The Hall–Kier alpha value is -3.08. The number of hydrogen-bond acceptors (Lipinski definition) is 4. The smallest absolute Gasteiger partial charge is 0.336 e. The summed E-state index contributed by atoms with van der Waals surface area (Å²) >= 11 is 0. The quantitative estimate of drug-likeness (QED) is 0.735. The highest BCUT2D eigenvalue weighted by atomic mass is 16.5. The summed E-state index contributed by atoms with van der Waals surface area (Å²) in [4.78, 5) is 23.8. The van der Waals surface area contributed by atoms with E-state index in [-0.39, 0.29) is 5.91 Å². The molecule has 0 radical (unpaired) electrons. The summed E-state index contributed by atoms with van der Waals surface area (Å²) in [5.41, 5.74) is 2.60. The van der Waals surface area contributed by atoms with Crippen LogP contribution in [0.5, 0.6) is 5.75 Å². The van der Waals surface area contributed by atoms with Crippen LogP contribution < -0.4 is 15.7 Å². The molecule has 1 unspecified atom stereocenters. The number of fused-ring (bicyclic) bond motifs is 1. The first-order valence-electron chi connectivity index (χ1n) is 8.02. The first-order valence-corrected chi connectivity index (χ1v) is 8.02. The van der Waals surface area contributed by atoms with Crippen molar-refractivity contribution in [3.8, 4) is 5.75 Å². The topological polar surface area (TPSA) is 68.5 Å². The second-order valence-corrected chi connectivity index (χ2v) is 5.97. The molecular weight excluding hydrogens is 318 g/mol. The summed E-state index contributed by atoms with van der Waals surface area (Å²) in [5.74, 6) is 0.216. The molecule has 1 N–H and O–H groups in total. The maximum atomic E-state index is 12.3. The summed E-state index contributed by atoms with van der Waals surface area (Å²) in [5, 5.41) is 3.69. The largest absolute Gasteiger partial charge is 0.481 e. The Balaban J connectivity index is 1.77. The van der Waals surface area contributed by atoms with E-state index in [2.05, 4.69) is 5.32 Å². The van der Waals surface area contributed by atoms with Crippen LogP contribution >= 0.6 is 0 Å². The molecule has 0 saturated carbocycles. The number of nitrogens with one attached hydrogen (secondary N) is 1. The number of carbonyl (C=O) groups excluding carboxylic acids is 1. The van der Waals surface area contributed by atoms with Crippen LogP contribution in [0.1, 0.15) is 18.1 Å². The predicted octanol–water partition coefficient (Wildman–Crippen LogP) is 3.82. The van der Waals surface area contributed by atoms with Crippen molar-refractivity contribution in [3.63, 3.8) is 0 Å². The summed E-state index contributed by atoms with van der Waals surface area (Å²) in [7, 11) is 0. The van der Waals surface area contributed by atoms with E-state index in [1.54, 1.807) is 19.1 Å². The molecule has 5 heteroatoms. The van der Waals surface area contributed by atoms with E-state index in [1.807, 2.05) is 44.2 Å². The molecule has 3 rings (SSSR count). The van der Waals surface area contributed by atoms with Gasteiger partial charge in [-0.05, 0) is 50.1 Å². The Morgan fingerprint density at radius 3 is 2.60 bits per heavy atom. The molecule has 1 atom stereocenters. The molecular formula is C20H19NO4. The molecule has 1 aromatic heterocycles. The minimum atomic E-state index is -0.700. The number of benzene rings is 2. The fourth-order valence-corrected chi connectivity index (χ4v) is 2.58. The molecule has 1 amide bonds. The Kier molecular flexibility index (Phi) is 4.57. The van der Waals surface area contributed by atoms with Gasteiger partial charge in [0.2, 0.25) is 0 Å². The highest BCUT2D eigenvalue weighted by Crippen LogP contribution is 2.23. The van der Waals surface area contributed by atoms with Gasteiger partial charge in [0.1, 0.15) is 11.3 Å². The molecule has 0 aliphatic rings. The Labute approximate surface area is 145 Å². The summed E-state index contributed by atoms with van der Waals surface area (Å²) in [6.07, 6.45) is -0.700. The van der Waals surface area contributed by atoms with Gasteiger partial charge in [0, 0.05) is 23.2 Å². The molecule has 0 bridgehead atoms. The van der Waals surface area contributed by atoms with Gasteiger partial charge in [-0.25, -0.2) is 4.79 Å². The Morgan fingerprint density at radius 2 is 1.84 bits per heavy atom. The predicted molar refractivity (Wildman–Crippen MR) is 97.1 cm³/mol. The summed E-state index contributed by atoms with van der Waals surface area (Å²) in [6, 6.07) is 14.2. The van der Waals surface area contributed by atoms with Crippen LogP contribution in [0.25, 0.3) is 11.0 Å². The van der Waals surface area contributed by atoms with Gasteiger partial charge in [-0.2, -0.15) is 0 Å². The second-order valence-electron chi connectivity index (χ2n) is 5.97. The zero-order valence-corrected chi connectivity index (χ0v) is 14.3. The second kappa shape index (κ2) is 6.81. The van der Waals surface area contributed by atoms with Crippen LogP contribution in [-0.4, -0.2) is 12.0 Å². The van der Waals surface area contributed by atoms with Gasteiger partial charge in [-0.3, -0.25) is 4.79 Å². The van der Waals surface area contributed by atoms with Crippen molar-refractivity contribution >= 4 is 22.6 Å². The zero-order valence-electron chi connectivity index (χ0n) is 14.3. The normalized spacial score (nSPS) is 12.0. The molecule has 0 spiro atoms. The van der Waals surface area contributed by atoms with Crippen LogP contribution in [0.15, 0.2) is 57.7 Å². The fourth-order valence-electron chi connectivity index (χ4n) is 2.58. The number of anilines is 1. The van der Waals surface area contributed by atoms with E-state index in [9.17, 15) is 9.59 Å². The average Bonchev–Trinajstić information content (AvgIpc) is 2.56. The van der Waals surface area contributed by atoms with Crippen molar-refractivity contribution in [2.75, 3.05) is 5.32 Å². The third-order valence-electron chi connectivity index (χ3n) is 4.01.